The maximum Gasteiger partial charge on any atom is 0.0441 e. The first-order valence-electron chi connectivity index (χ1n) is 5.40. The summed E-state index contributed by atoms with van der Waals surface area (Å²) < 4.78 is 11.1. The van der Waals surface area contributed by atoms with Crippen LogP contribution in [-0.2, 0) is 10.8 Å². The van der Waals surface area contributed by atoms with Crippen molar-refractivity contribution in [3.8, 4) is 0 Å². The smallest absolute Gasteiger partial charge is 0.0441 e. The monoisotopic (exact) mass is 218 g/mol. The first kappa shape index (κ1) is 12.1. The molecule has 0 heterocycles. The highest BCUT2D eigenvalue weighted by Crippen LogP contribution is 2.24. The molecule has 84 valence electrons. The first-order chi connectivity index (χ1) is 6.65. The Morgan fingerprint density at radius 1 is 1.57 bits per heavy atom. The highest BCUT2D eigenvalue weighted by atomic mass is 32.2. The quantitative estimate of drug-likeness (QED) is 0.705. The van der Waals surface area contributed by atoms with Crippen LogP contribution in [-0.4, -0.2) is 34.8 Å². The van der Waals surface area contributed by atoms with Gasteiger partial charge in [-0.15, -0.1) is 0 Å². The minimum atomic E-state index is -0.717. The molecule has 1 aliphatic carbocycles. The number of nitrogens with two attached hydrogens (primary N) is 1. The average Bonchev–Trinajstić information content (AvgIpc) is 2.60. The van der Waals surface area contributed by atoms with Gasteiger partial charge < -0.3 is 11.1 Å². The van der Waals surface area contributed by atoms with Crippen LogP contribution >= 0.6 is 0 Å². The summed E-state index contributed by atoms with van der Waals surface area (Å²) in [4.78, 5) is 0. The Morgan fingerprint density at radius 2 is 2.29 bits per heavy atom. The second kappa shape index (κ2) is 5.83. The van der Waals surface area contributed by atoms with Gasteiger partial charge in [0, 0.05) is 34.9 Å². The molecule has 0 bridgehead atoms. The molecule has 3 N–H and O–H groups in total. The van der Waals surface area contributed by atoms with Gasteiger partial charge in [0.15, 0.2) is 0 Å². The van der Waals surface area contributed by atoms with Gasteiger partial charge in [0.05, 0.1) is 0 Å². The highest BCUT2D eigenvalue weighted by Gasteiger charge is 2.25. The van der Waals surface area contributed by atoms with Crippen molar-refractivity contribution in [1.29, 1.82) is 0 Å². The molecule has 1 rings (SSSR count). The molecule has 0 aliphatic heterocycles. The van der Waals surface area contributed by atoms with Crippen molar-refractivity contribution in [3.05, 3.63) is 0 Å². The minimum absolute atomic E-state index is 0.244. The van der Waals surface area contributed by atoms with E-state index in [0.29, 0.717) is 12.0 Å². The third kappa shape index (κ3) is 3.33. The Labute approximate surface area is 89.3 Å². The zero-order valence-electron chi connectivity index (χ0n) is 9.16. The zero-order chi connectivity index (χ0) is 10.6. The fourth-order valence-electron chi connectivity index (χ4n) is 2.02. The second-order valence-corrected chi connectivity index (χ2v) is 6.05. The molecule has 0 saturated heterocycles. The van der Waals surface area contributed by atoms with E-state index in [0.717, 1.165) is 13.1 Å². The Balaban J connectivity index is 2.26. The number of nitrogens with one attached hydrogen (secondary N) is 1. The lowest BCUT2D eigenvalue weighted by molar-refractivity contribution is 0.409. The molecular formula is C10H22N2OS. The zero-order valence-corrected chi connectivity index (χ0v) is 9.98. The fraction of sp³-hybridized carbons (Fsp3) is 1.00. The minimum Gasteiger partial charge on any atom is -0.330 e. The van der Waals surface area contributed by atoms with Gasteiger partial charge >= 0.3 is 0 Å². The van der Waals surface area contributed by atoms with Crippen molar-refractivity contribution in [2.45, 2.75) is 37.5 Å². The molecular weight excluding hydrogens is 196 g/mol. The van der Waals surface area contributed by atoms with E-state index >= 15 is 0 Å². The van der Waals surface area contributed by atoms with Gasteiger partial charge in [0.1, 0.15) is 0 Å². The van der Waals surface area contributed by atoms with Crippen LogP contribution in [0.2, 0.25) is 0 Å². The summed E-state index contributed by atoms with van der Waals surface area (Å²) in [7, 11) is -0.717. The SMILES string of the molecule is CC(CNC1CCCC1CN)S(C)=O. The van der Waals surface area contributed by atoms with Crippen LogP contribution in [0.5, 0.6) is 0 Å². The van der Waals surface area contributed by atoms with Gasteiger partial charge in [-0.1, -0.05) is 6.42 Å². The Morgan fingerprint density at radius 3 is 2.86 bits per heavy atom. The van der Waals surface area contributed by atoms with E-state index in [4.69, 9.17) is 5.73 Å². The van der Waals surface area contributed by atoms with Gasteiger partial charge in [0.2, 0.25) is 0 Å². The van der Waals surface area contributed by atoms with Crippen molar-refractivity contribution in [1.82, 2.24) is 5.32 Å². The molecule has 0 aromatic carbocycles. The van der Waals surface area contributed by atoms with E-state index in [-0.39, 0.29) is 5.25 Å². The van der Waals surface area contributed by atoms with Crippen LogP contribution in [0.1, 0.15) is 26.2 Å². The standard InChI is InChI=1S/C10H22N2OS/c1-8(14(2)13)7-12-10-5-3-4-9(10)6-11/h8-10,12H,3-7,11H2,1-2H3. The summed E-state index contributed by atoms with van der Waals surface area (Å²) in [5.74, 6) is 0.632. The van der Waals surface area contributed by atoms with E-state index in [1.165, 1.54) is 19.3 Å². The van der Waals surface area contributed by atoms with Crippen molar-refractivity contribution < 1.29 is 4.21 Å². The van der Waals surface area contributed by atoms with E-state index in [1.54, 1.807) is 6.26 Å². The average molecular weight is 218 g/mol. The molecule has 1 fully saturated rings. The molecule has 4 unspecified atom stereocenters. The molecule has 1 aliphatic rings. The maximum atomic E-state index is 11.1. The largest absolute Gasteiger partial charge is 0.330 e. The fourth-order valence-corrected chi connectivity index (χ4v) is 2.35. The maximum absolute atomic E-state index is 11.1. The van der Waals surface area contributed by atoms with Crippen LogP contribution in [0.3, 0.4) is 0 Å². The van der Waals surface area contributed by atoms with Crippen LogP contribution in [0.15, 0.2) is 0 Å². The topological polar surface area (TPSA) is 55.1 Å². The molecule has 0 aromatic rings. The summed E-state index contributed by atoms with van der Waals surface area (Å²) in [6.07, 6.45) is 5.52. The molecule has 0 amide bonds. The molecule has 14 heavy (non-hydrogen) atoms. The Bertz CT molecular complexity index is 199. The first-order valence-corrected chi connectivity index (χ1v) is 7.03. The normalized spacial score (nSPS) is 31.6. The third-order valence-electron chi connectivity index (χ3n) is 3.20. The lowest BCUT2D eigenvalue weighted by Crippen LogP contribution is -2.40. The van der Waals surface area contributed by atoms with E-state index in [2.05, 4.69) is 5.32 Å². The van der Waals surface area contributed by atoms with Crippen molar-refractivity contribution in [3.63, 3.8) is 0 Å². The predicted molar refractivity (Wildman–Crippen MR) is 61.7 cm³/mol. The third-order valence-corrected chi connectivity index (χ3v) is 4.50. The van der Waals surface area contributed by atoms with Gasteiger partial charge in [-0.3, -0.25) is 4.21 Å². The number of hydrogen-bond donors (Lipinski definition) is 2. The van der Waals surface area contributed by atoms with E-state index in [1.807, 2.05) is 6.92 Å². The van der Waals surface area contributed by atoms with Gasteiger partial charge in [-0.25, -0.2) is 0 Å². The van der Waals surface area contributed by atoms with Crippen LogP contribution in [0.4, 0.5) is 0 Å². The Hall–Kier alpha value is 0.0700. The van der Waals surface area contributed by atoms with Crippen molar-refractivity contribution in [2.24, 2.45) is 11.7 Å². The molecule has 0 spiro atoms. The van der Waals surface area contributed by atoms with Crippen LogP contribution in [0, 0.1) is 5.92 Å². The summed E-state index contributed by atoms with van der Waals surface area (Å²) in [6.45, 7) is 3.65. The molecule has 3 nitrogen and oxygen atoms in total. The molecule has 4 atom stereocenters. The van der Waals surface area contributed by atoms with Gasteiger partial charge in [0.25, 0.3) is 0 Å². The highest BCUT2D eigenvalue weighted by molar-refractivity contribution is 7.84. The number of hydrogen-bond acceptors (Lipinski definition) is 3. The lowest BCUT2D eigenvalue weighted by atomic mass is 10.0. The summed E-state index contributed by atoms with van der Waals surface area (Å²) in [5.41, 5.74) is 5.69. The van der Waals surface area contributed by atoms with Crippen molar-refractivity contribution >= 4 is 10.8 Å². The van der Waals surface area contributed by atoms with Crippen molar-refractivity contribution in [2.75, 3.05) is 19.3 Å². The van der Waals surface area contributed by atoms with Crippen LogP contribution in [0.25, 0.3) is 0 Å². The van der Waals surface area contributed by atoms with Gasteiger partial charge in [-0.05, 0) is 32.2 Å². The van der Waals surface area contributed by atoms with Gasteiger partial charge in [-0.2, -0.15) is 0 Å². The lowest BCUT2D eigenvalue weighted by Gasteiger charge is -2.21. The van der Waals surface area contributed by atoms with E-state index in [9.17, 15) is 4.21 Å². The second-order valence-electron chi connectivity index (χ2n) is 4.25. The molecule has 0 aromatic heterocycles. The molecule has 1 saturated carbocycles. The van der Waals surface area contributed by atoms with E-state index < -0.39 is 10.8 Å². The summed E-state index contributed by atoms with van der Waals surface area (Å²) >= 11 is 0. The molecule has 0 radical (unpaired) electrons. The summed E-state index contributed by atoms with van der Waals surface area (Å²) in [6, 6.07) is 0.561. The predicted octanol–water partition coefficient (Wildman–Crippen LogP) is 0.470. The summed E-state index contributed by atoms with van der Waals surface area (Å²) in [5, 5.41) is 3.74. The Kier molecular flexibility index (Phi) is 5.06. The molecule has 4 heteroatoms. The van der Waals surface area contributed by atoms with Crippen LogP contribution < -0.4 is 11.1 Å². The number of rotatable bonds is 5.